The van der Waals surface area contributed by atoms with Crippen LogP contribution in [0, 0.1) is 12.8 Å². The number of rotatable bonds is 7. The lowest BCUT2D eigenvalue weighted by Crippen LogP contribution is -2.27. The molecule has 0 bridgehead atoms. The van der Waals surface area contributed by atoms with Gasteiger partial charge in [0.2, 0.25) is 0 Å². The molecule has 3 rings (SSSR count). The molecular weight excluding hydrogens is 344 g/mol. The molecule has 2 nitrogen and oxygen atoms in total. The van der Waals surface area contributed by atoms with Crippen molar-refractivity contribution in [3.63, 3.8) is 0 Å². The number of nitrogens with one attached hydrogen (secondary N) is 1. The van der Waals surface area contributed by atoms with Crippen LogP contribution in [0.25, 0.3) is 0 Å². The summed E-state index contributed by atoms with van der Waals surface area (Å²) >= 11 is 5.34. The zero-order chi connectivity index (χ0) is 14.7. The van der Waals surface area contributed by atoms with Gasteiger partial charge in [-0.2, -0.15) is 0 Å². The molecule has 0 amide bonds. The van der Waals surface area contributed by atoms with E-state index in [1.165, 1.54) is 28.3 Å². The highest BCUT2D eigenvalue weighted by atomic mass is 79.9. The number of aryl methyl sites for hydroxylation is 1. The first kappa shape index (κ1) is 15.2. The molecule has 112 valence electrons. The van der Waals surface area contributed by atoms with Gasteiger partial charge in [-0.1, -0.05) is 28.1 Å². The first-order chi connectivity index (χ1) is 10.2. The van der Waals surface area contributed by atoms with E-state index in [1.54, 1.807) is 0 Å². The van der Waals surface area contributed by atoms with Crippen LogP contribution < -0.4 is 5.32 Å². The van der Waals surface area contributed by atoms with Crippen LogP contribution in [-0.4, -0.2) is 17.6 Å². The Morgan fingerprint density at radius 1 is 1.29 bits per heavy atom. The fourth-order valence-electron chi connectivity index (χ4n) is 2.58. The van der Waals surface area contributed by atoms with E-state index >= 15 is 0 Å². The van der Waals surface area contributed by atoms with Crippen molar-refractivity contribution in [2.24, 2.45) is 5.92 Å². The van der Waals surface area contributed by atoms with Crippen molar-refractivity contribution < 1.29 is 0 Å². The van der Waals surface area contributed by atoms with Crippen LogP contribution in [0.2, 0.25) is 0 Å². The van der Waals surface area contributed by atoms with Crippen molar-refractivity contribution in [1.82, 2.24) is 10.3 Å². The zero-order valence-corrected chi connectivity index (χ0v) is 14.7. The van der Waals surface area contributed by atoms with Crippen LogP contribution in [0.4, 0.5) is 0 Å². The van der Waals surface area contributed by atoms with Crippen molar-refractivity contribution in [3.8, 4) is 0 Å². The minimum Gasteiger partial charge on any atom is -0.314 e. The smallest absolute Gasteiger partial charge is 0.0896 e. The summed E-state index contributed by atoms with van der Waals surface area (Å²) in [6.07, 6.45) is 7.01. The molecule has 1 atom stereocenters. The molecule has 0 radical (unpaired) electrons. The Bertz CT molecular complexity index is 575. The molecule has 1 aromatic heterocycles. The molecule has 0 spiro atoms. The third-order valence-corrected chi connectivity index (χ3v) is 5.33. The van der Waals surface area contributed by atoms with Gasteiger partial charge < -0.3 is 5.32 Å². The summed E-state index contributed by atoms with van der Waals surface area (Å²) < 4.78 is 1.15. The van der Waals surface area contributed by atoms with Crippen molar-refractivity contribution in [2.45, 2.75) is 38.6 Å². The zero-order valence-electron chi connectivity index (χ0n) is 12.3. The topological polar surface area (TPSA) is 24.9 Å². The van der Waals surface area contributed by atoms with E-state index in [1.807, 2.05) is 17.5 Å². The molecule has 0 aliphatic heterocycles. The lowest BCUT2D eigenvalue weighted by Gasteiger charge is -2.17. The molecule has 4 heteroatoms. The van der Waals surface area contributed by atoms with Gasteiger partial charge in [0.15, 0.2) is 0 Å². The number of halogens is 1. The second-order valence-electron chi connectivity index (χ2n) is 5.93. The minimum atomic E-state index is 0.645. The first-order valence-electron chi connectivity index (χ1n) is 7.58. The first-order valence-corrected chi connectivity index (χ1v) is 9.19. The summed E-state index contributed by atoms with van der Waals surface area (Å²) in [5, 5.41) is 4.86. The SMILES string of the molecule is Cc1ncc(CC(CNC2CC2)Cc2ccc(Br)cc2)s1. The van der Waals surface area contributed by atoms with Gasteiger partial charge >= 0.3 is 0 Å². The summed E-state index contributed by atoms with van der Waals surface area (Å²) in [7, 11) is 0. The van der Waals surface area contributed by atoms with Crippen LogP contribution in [0.3, 0.4) is 0 Å². The van der Waals surface area contributed by atoms with Crippen molar-refractivity contribution in [2.75, 3.05) is 6.54 Å². The molecule has 1 N–H and O–H groups in total. The highest BCUT2D eigenvalue weighted by molar-refractivity contribution is 9.10. The average molecular weight is 365 g/mol. The van der Waals surface area contributed by atoms with E-state index in [-0.39, 0.29) is 0 Å². The minimum absolute atomic E-state index is 0.645. The maximum atomic E-state index is 4.39. The van der Waals surface area contributed by atoms with E-state index in [4.69, 9.17) is 0 Å². The number of benzene rings is 1. The highest BCUT2D eigenvalue weighted by Gasteiger charge is 2.22. The molecular formula is C17H21BrN2S. The summed E-state index contributed by atoms with van der Waals surface area (Å²) in [5.41, 5.74) is 1.42. The van der Waals surface area contributed by atoms with Gasteiger partial charge in [-0.05, 0) is 62.8 Å². The van der Waals surface area contributed by atoms with E-state index in [0.29, 0.717) is 5.92 Å². The molecule has 1 fully saturated rings. The lowest BCUT2D eigenvalue weighted by molar-refractivity contribution is 0.471. The van der Waals surface area contributed by atoms with Crippen LogP contribution >= 0.6 is 27.3 Å². The molecule has 2 aromatic rings. The summed E-state index contributed by atoms with van der Waals surface area (Å²) in [6, 6.07) is 9.51. The number of thiazole rings is 1. The van der Waals surface area contributed by atoms with Gasteiger partial charge in [0.25, 0.3) is 0 Å². The van der Waals surface area contributed by atoms with Crippen LogP contribution in [0.5, 0.6) is 0 Å². The molecule has 1 aliphatic carbocycles. The predicted molar refractivity (Wildman–Crippen MR) is 92.9 cm³/mol. The number of aromatic nitrogens is 1. The quantitative estimate of drug-likeness (QED) is 0.788. The average Bonchev–Trinajstić information content (AvgIpc) is 3.21. The second kappa shape index (κ2) is 7.03. The summed E-state index contributed by atoms with van der Waals surface area (Å²) in [4.78, 5) is 5.80. The molecule has 1 saturated carbocycles. The summed E-state index contributed by atoms with van der Waals surface area (Å²) in [6.45, 7) is 3.19. The van der Waals surface area contributed by atoms with Gasteiger partial charge in [-0.25, -0.2) is 4.98 Å². The largest absolute Gasteiger partial charge is 0.314 e. The normalized spacial score (nSPS) is 16.1. The standard InChI is InChI=1S/C17H21BrN2S/c1-12-19-11-17(21-12)9-14(10-20-16-6-7-16)8-13-2-4-15(18)5-3-13/h2-5,11,14,16,20H,6-10H2,1H3. The Morgan fingerprint density at radius 2 is 2.05 bits per heavy atom. The number of hydrogen-bond donors (Lipinski definition) is 1. The molecule has 21 heavy (non-hydrogen) atoms. The molecule has 0 saturated heterocycles. The van der Waals surface area contributed by atoms with Crippen molar-refractivity contribution in [1.29, 1.82) is 0 Å². The van der Waals surface area contributed by atoms with Crippen molar-refractivity contribution >= 4 is 27.3 Å². The van der Waals surface area contributed by atoms with E-state index in [0.717, 1.165) is 29.9 Å². The third kappa shape index (κ3) is 4.90. The second-order valence-corrected chi connectivity index (χ2v) is 8.16. The van der Waals surface area contributed by atoms with Gasteiger partial charge in [0.05, 0.1) is 5.01 Å². The Kier molecular flexibility index (Phi) is 5.09. The van der Waals surface area contributed by atoms with Crippen molar-refractivity contribution in [3.05, 3.63) is 50.4 Å². The van der Waals surface area contributed by atoms with Gasteiger partial charge in [0, 0.05) is 21.6 Å². The molecule has 1 aromatic carbocycles. The number of hydrogen-bond acceptors (Lipinski definition) is 3. The van der Waals surface area contributed by atoms with E-state index in [2.05, 4.69) is 57.4 Å². The fraction of sp³-hybridized carbons (Fsp3) is 0.471. The van der Waals surface area contributed by atoms with Crippen LogP contribution in [-0.2, 0) is 12.8 Å². The van der Waals surface area contributed by atoms with Gasteiger partial charge in [-0.3, -0.25) is 0 Å². The Balaban J connectivity index is 1.63. The molecule has 1 aliphatic rings. The Labute approximate surface area is 139 Å². The van der Waals surface area contributed by atoms with Crippen LogP contribution in [0.15, 0.2) is 34.9 Å². The molecule has 1 unspecified atom stereocenters. The van der Waals surface area contributed by atoms with E-state index < -0.39 is 0 Å². The summed E-state index contributed by atoms with van der Waals surface area (Å²) in [5.74, 6) is 0.645. The fourth-order valence-corrected chi connectivity index (χ4v) is 3.75. The lowest BCUT2D eigenvalue weighted by atomic mass is 9.95. The maximum absolute atomic E-state index is 4.39. The van der Waals surface area contributed by atoms with Crippen LogP contribution in [0.1, 0.15) is 28.3 Å². The van der Waals surface area contributed by atoms with Gasteiger partial charge in [-0.15, -0.1) is 11.3 Å². The molecule has 1 heterocycles. The number of nitrogens with zero attached hydrogens (tertiary/aromatic N) is 1. The monoisotopic (exact) mass is 364 g/mol. The van der Waals surface area contributed by atoms with E-state index in [9.17, 15) is 0 Å². The maximum Gasteiger partial charge on any atom is 0.0896 e. The highest BCUT2D eigenvalue weighted by Crippen LogP contribution is 2.23. The van der Waals surface area contributed by atoms with Gasteiger partial charge in [0.1, 0.15) is 0 Å². The predicted octanol–water partition coefficient (Wildman–Crippen LogP) is 4.37. The Hall–Kier alpha value is -0.710. The Morgan fingerprint density at radius 3 is 2.67 bits per heavy atom. The third-order valence-electron chi connectivity index (χ3n) is 3.87.